The molecule has 5 aromatic rings. The average Bonchev–Trinajstić information content (AvgIpc) is 3.56. The Hall–Kier alpha value is -3.81. The van der Waals surface area contributed by atoms with E-state index in [-0.39, 0.29) is 18.5 Å². The van der Waals surface area contributed by atoms with Gasteiger partial charge in [0.2, 0.25) is 5.88 Å². The Bertz CT molecular complexity index is 1610. The molecule has 6 rings (SSSR count). The number of imidazole rings is 1. The number of hydrogen-bond acceptors (Lipinski definition) is 4. The van der Waals surface area contributed by atoms with Crippen molar-refractivity contribution in [2.45, 2.75) is 38.5 Å². The summed E-state index contributed by atoms with van der Waals surface area (Å²) in [6.45, 7) is 1.61. The van der Waals surface area contributed by atoms with Crippen molar-refractivity contribution in [1.29, 1.82) is 0 Å². The smallest absolute Gasteiger partial charge is 0.214 e. The largest absolute Gasteiger partial charge is 0.473 e. The molecule has 5 nitrogen and oxygen atoms in total. The Morgan fingerprint density at radius 3 is 2.67 bits per heavy atom. The fourth-order valence-electron chi connectivity index (χ4n) is 5.01. The molecule has 0 aliphatic carbocycles. The number of pyridine rings is 1. The number of fused-ring (bicyclic) bond motifs is 1. The predicted octanol–water partition coefficient (Wildman–Crippen LogP) is 7.38. The summed E-state index contributed by atoms with van der Waals surface area (Å²) in [7, 11) is 0. The van der Waals surface area contributed by atoms with Gasteiger partial charge in [-0.15, -0.1) is 0 Å². The summed E-state index contributed by atoms with van der Waals surface area (Å²) in [5, 5.41) is 0.292. The van der Waals surface area contributed by atoms with E-state index in [0.29, 0.717) is 34.1 Å². The van der Waals surface area contributed by atoms with Crippen LogP contribution in [0.15, 0.2) is 78.9 Å². The highest BCUT2D eigenvalue weighted by molar-refractivity contribution is 6.30. The first-order chi connectivity index (χ1) is 19.0. The average molecular weight is 546 g/mol. The molecule has 2 aromatic heterocycles. The molecule has 3 aromatic carbocycles. The molecular formula is C31H26ClF2N3O2. The van der Waals surface area contributed by atoms with Gasteiger partial charge in [0.25, 0.3) is 0 Å². The van der Waals surface area contributed by atoms with E-state index in [1.54, 1.807) is 30.3 Å². The van der Waals surface area contributed by atoms with E-state index in [9.17, 15) is 4.39 Å². The van der Waals surface area contributed by atoms with Crippen molar-refractivity contribution in [2.75, 3.05) is 6.61 Å². The first-order valence-electron chi connectivity index (χ1n) is 12.9. The first kappa shape index (κ1) is 25.5. The van der Waals surface area contributed by atoms with E-state index in [1.807, 2.05) is 24.3 Å². The van der Waals surface area contributed by atoms with Crippen molar-refractivity contribution >= 4 is 22.6 Å². The van der Waals surface area contributed by atoms with Crippen molar-refractivity contribution < 1.29 is 18.3 Å². The number of hydrogen-bond donors (Lipinski definition) is 0. The molecule has 1 aliphatic rings. The summed E-state index contributed by atoms with van der Waals surface area (Å²) in [5.74, 6) is 0.368. The lowest BCUT2D eigenvalue weighted by Crippen LogP contribution is -2.17. The second kappa shape index (κ2) is 11.1. The van der Waals surface area contributed by atoms with E-state index in [0.717, 1.165) is 48.4 Å². The minimum atomic E-state index is -0.438. The predicted molar refractivity (Wildman–Crippen MR) is 147 cm³/mol. The number of nitrogens with zero attached hydrogens (tertiary/aromatic N) is 3. The summed E-state index contributed by atoms with van der Waals surface area (Å²) in [4.78, 5) is 9.31. The molecule has 0 N–H and O–H groups in total. The van der Waals surface area contributed by atoms with Crippen LogP contribution in [0.25, 0.3) is 22.3 Å². The monoisotopic (exact) mass is 545 g/mol. The second-order valence-corrected chi connectivity index (χ2v) is 10.1. The van der Waals surface area contributed by atoms with E-state index in [4.69, 9.17) is 26.1 Å². The maximum Gasteiger partial charge on any atom is 0.214 e. The molecule has 3 heterocycles. The summed E-state index contributed by atoms with van der Waals surface area (Å²) in [6.07, 6.45) is 2.75. The molecule has 1 unspecified atom stereocenters. The Balaban J connectivity index is 1.21. The molecule has 1 atom stereocenters. The Kier molecular flexibility index (Phi) is 7.26. The number of para-hydroxylation sites is 2. The van der Waals surface area contributed by atoms with Gasteiger partial charge in [-0.25, -0.2) is 18.7 Å². The van der Waals surface area contributed by atoms with Gasteiger partial charge in [-0.3, -0.25) is 0 Å². The zero-order valence-electron chi connectivity index (χ0n) is 21.1. The van der Waals surface area contributed by atoms with Gasteiger partial charge in [-0.05, 0) is 72.5 Å². The standard InChI is InChI=1S/C31H26ClF2N3O2/c32-22-13-21(14-23(33)17-22)19-39-31-9-3-7-27(36-31)25-11-10-20(15-26(25)34)16-30-35-28-6-1-2-8-29(28)37(30)18-24-5-4-12-38-24/h1-3,6-11,13-15,17,24H,4-5,12,16,18-19H2. The minimum absolute atomic E-state index is 0.0856. The lowest BCUT2D eigenvalue weighted by atomic mass is 10.1. The van der Waals surface area contributed by atoms with Gasteiger partial charge in [0.15, 0.2) is 0 Å². The molecule has 198 valence electrons. The summed E-state index contributed by atoms with van der Waals surface area (Å²) in [6, 6.07) is 22.6. The zero-order chi connectivity index (χ0) is 26.8. The highest BCUT2D eigenvalue weighted by Crippen LogP contribution is 2.27. The van der Waals surface area contributed by atoms with Gasteiger partial charge in [-0.2, -0.15) is 0 Å². The molecule has 39 heavy (non-hydrogen) atoms. The normalized spacial score (nSPS) is 15.2. The lowest BCUT2D eigenvalue weighted by Gasteiger charge is -2.14. The van der Waals surface area contributed by atoms with Crippen LogP contribution in [0.2, 0.25) is 5.02 Å². The second-order valence-electron chi connectivity index (χ2n) is 9.68. The topological polar surface area (TPSA) is 49.2 Å². The number of rotatable bonds is 8. The number of halogens is 3. The number of aromatic nitrogens is 3. The van der Waals surface area contributed by atoms with E-state index >= 15 is 4.39 Å². The summed E-state index contributed by atoms with van der Waals surface area (Å²) >= 11 is 5.92. The number of benzene rings is 3. The highest BCUT2D eigenvalue weighted by Gasteiger charge is 2.20. The van der Waals surface area contributed by atoms with E-state index in [1.165, 1.54) is 18.2 Å². The third-order valence-electron chi connectivity index (χ3n) is 6.85. The Morgan fingerprint density at radius 2 is 1.85 bits per heavy atom. The van der Waals surface area contributed by atoms with Crippen LogP contribution in [0, 0.1) is 11.6 Å². The van der Waals surface area contributed by atoms with Crippen LogP contribution >= 0.6 is 11.6 Å². The van der Waals surface area contributed by atoms with Crippen LogP contribution < -0.4 is 4.74 Å². The number of ether oxygens (including phenoxy) is 2. The van der Waals surface area contributed by atoms with Gasteiger partial charge in [-0.1, -0.05) is 35.9 Å². The van der Waals surface area contributed by atoms with Crippen LogP contribution in [0.3, 0.4) is 0 Å². The SMILES string of the molecule is Fc1cc(Cl)cc(COc2cccc(-c3ccc(Cc4nc5ccccc5n4CC4CCCO4)cc3F)n2)c1. The van der Waals surface area contributed by atoms with Crippen LogP contribution in [0.4, 0.5) is 8.78 Å². The lowest BCUT2D eigenvalue weighted by molar-refractivity contribution is 0.0973. The van der Waals surface area contributed by atoms with Crippen LogP contribution in [-0.4, -0.2) is 27.2 Å². The van der Waals surface area contributed by atoms with Gasteiger partial charge >= 0.3 is 0 Å². The van der Waals surface area contributed by atoms with E-state index < -0.39 is 5.82 Å². The van der Waals surface area contributed by atoms with Crippen molar-refractivity contribution in [1.82, 2.24) is 14.5 Å². The van der Waals surface area contributed by atoms with Gasteiger partial charge in [0, 0.05) is 29.7 Å². The third kappa shape index (κ3) is 5.79. The molecule has 1 saturated heterocycles. The van der Waals surface area contributed by atoms with Gasteiger partial charge in [0.05, 0.1) is 29.4 Å². The summed E-state index contributed by atoms with van der Waals surface area (Å²) in [5.41, 5.74) is 4.18. The molecule has 8 heteroatoms. The highest BCUT2D eigenvalue weighted by atomic mass is 35.5. The van der Waals surface area contributed by atoms with Crippen molar-refractivity contribution in [3.63, 3.8) is 0 Å². The Labute approximate surface area is 230 Å². The molecule has 0 saturated carbocycles. The minimum Gasteiger partial charge on any atom is -0.473 e. The van der Waals surface area contributed by atoms with Crippen molar-refractivity contribution in [3.8, 4) is 17.1 Å². The molecule has 0 bridgehead atoms. The van der Waals surface area contributed by atoms with Crippen LogP contribution in [0.5, 0.6) is 5.88 Å². The maximum absolute atomic E-state index is 15.4. The zero-order valence-corrected chi connectivity index (χ0v) is 21.9. The molecule has 0 radical (unpaired) electrons. The molecule has 0 spiro atoms. The van der Waals surface area contributed by atoms with Crippen LogP contribution in [0.1, 0.15) is 29.8 Å². The molecular weight excluding hydrogens is 520 g/mol. The fourth-order valence-corrected chi connectivity index (χ4v) is 5.26. The Morgan fingerprint density at radius 1 is 0.949 bits per heavy atom. The van der Waals surface area contributed by atoms with E-state index in [2.05, 4.69) is 15.6 Å². The van der Waals surface area contributed by atoms with Gasteiger partial charge in [0.1, 0.15) is 24.1 Å². The quantitative estimate of drug-likeness (QED) is 0.204. The van der Waals surface area contributed by atoms with Gasteiger partial charge < -0.3 is 14.0 Å². The summed E-state index contributed by atoms with van der Waals surface area (Å²) < 4.78 is 42.8. The molecule has 0 amide bonds. The third-order valence-corrected chi connectivity index (χ3v) is 7.07. The van der Waals surface area contributed by atoms with Crippen molar-refractivity contribution in [2.24, 2.45) is 0 Å². The molecule has 1 aliphatic heterocycles. The first-order valence-corrected chi connectivity index (χ1v) is 13.3. The molecule has 1 fully saturated rings. The maximum atomic E-state index is 15.4. The van der Waals surface area contributed by atoms with Crippen LogP contribution in [-0.2, 0) is 24.3 Å². The van der Waals surface area contributed by atoms with Crippen molar-refractivity contribution in [3.05, 3.63) is 112 Å². The fraction of sp³-hybridized carbons (Fsp3) is 0.226.